The summed E-state index contributed by atoms with van der Waals surface area (Å²) in [6.07, 6.45) is 2.86. The van der Waals surface area contributed by atoms with Crippen molar-refractivity contribution in [1.29, 1.82) is 0 Å². The maximum absolute atomic E-state index is 12.8. The van der Waals surface area contributed by atoms with Crippen LogP contribution in [0.3, 0.4) is 0 Å². The Bertz CT molecular complexity index is 990. The van der Waals surface area contributed by atoms with Crippen LogP contribution in [-0.2, 0) is 11.3 Å². The average molecular weight is 355 g/mol. The number of fused-ring (bicyclic) bond motifs is 1. The second-order valence-corrected chi connectivity index (χ2v) is 6.64. The maximum atomic E-state index is 12.8. The highest BCUT2D eigenvalue weighted by atomic mass is 16.2. The first-order valence-electron chi connectivity index (χ1n) is 8.43. The Labute approximate surface area is 150 Å². The van der Waals surface area contributed by atoms with E-state index in [2.05, 4.69) is 25.5 Å². The van der Waals surface area contributed by atoms with Crippen LogP contribution in [-0.4, -0.2) is 35.3 Å². The van der Waals surface area contributed by atoms with E-state index in [0.717, 1.165) is 5.69 Å². The molecule has 0 saturated heterocycles. The van der Waals surface area contributed by atoms with Gasteiger partial charge in [-0.25, -0.2) is 19.2 Å². The number of aromatic nitrogens is 6. The molecule has 3 heterocycles. The maximum Gasteiger partial charge on any atom is 0.293 e. The van der Waals surface area contributed by atoms with E-state index in [-0.39, 0.29) is 29.8 Å². The van der Waals surface area contributed by atoms with Gasteiger partial charge in [-0.2, -0.15) is 10.2 Å². The molecule has 0 radical (unpaired) electrons. The molecule has 0 spiro atoms. The van der Waals surface area contributed by atoms with Gasteiger partial charge in [0.2, 0.25) is 5.91 Å². The molecule has 3 rings (SSSR count). The molecule has 3 aromatic rings. The molecule has 0 aliphatic carbocycles. The van der Waals surface area contributed by atoms with Crippen molar-refractivity contribution in [2.45, 2.75) is 46.1 Å². The average Bonchev–Trinajstić information content (AvgIpc) is 3.04. The number of hydrogen-bond donors (Lipinski definition) is 1. The van der Waals surface area contributed by atoms with Crippen LogP contribution in [0.5, 0.6) is 0 Å². The molecule has 9 heteroatoms. The molecule has 0 saturated carbocycles. The molecule has 0 unspecified atom stereocenters. The zero-order chi connectivity index (χ0) is 18.8. The highest BCUT2D eigenvalue weighted by molar-refractivity contribution is 5.89. The Morgan fingerprint density at radius 3 is 2.58 bits per heavy atom. The SMILES string of the molecule is CC(C)c1cc2c(=O)n(CC(=O)Nc3ccncn3)nc(C(C)C)n2n1. The van der Waals surface area contributed by atoms with Gasteiger partial charge >= 0.3 is 0 Å². The van der Waals surface area contributed by atoms with Crippen molar-refractivity contribution in [3.8, 4) is 0 Å². The minimum absolute atomic E-state index is 0.0363. The number of anilines is 1. The molecular formula is C17H21N7O2. The number of amides is 1. The lowest BCUT2D eigenvalue weighted by molar-refractivity contribution is -0.117. The summed E-state index contributed by atoms with van der Waals surface area (Å²) < 4.78 is 2.76. The Morgan fingerprint density at radius 1 is 1.19 bits per heavy atom. The van der Waals surface area contributed by atoms with Crippen LogP contribution in [0.2, 0.25) is 0 Å². The summed E-state index contributed by atoms with van der Waals surface area (Å²) >= 11 is 0. The van der Waals surface area contributed by atoms with Crippen LogP contribution >= 0.6 is 0 Å². The van der Waals surface area contributed by atoms with Gasteiger partial charge in [0, 0.05) is 12.1 Å². The number of carbonyl (C=O) groups excluding carboxylic acids is 1. The first-order chi connectivity index (χ1) is 12.4. The molecule has 0 aliphatic rings. The van der Waals surface area contributed by atoms with Gasteiger partial charge < -0.3 is 5.32 Å². The summed E-state index contributed by atoms with van der Waals surface area (Å²) in [6.45, 7) is 7.75. The third kappa shape index (κ3) is 3.46. The van der Waals surface area contributed by atoms with Crippen molar-refractivity contribution >= 4 is 17.2 Å². The van der Waals surface area contributed by atoms with E-state index in [9.17, 15) is 9.59 Å². The van der Waals surface area contributed by atoms with Gasteiger partial charge in [0.25, 0.3) is 5.56 Å². The van der Waals surface area contributed by atoms with Gasteiger partial charge in [-0.1, -0.05) is 27.7 Å². The van der Waals surface area contributed by atoms with E-state index in [1.807, 2.05) is 27.7 Å². The standard InChI is InChI=1S/C17H21N7O2/c1-10(2)12-7-13-17(26)23(22-16(11(3)4)24(13)21-12)8-15(25)20-14-5-6-18-9-19-14/h5-7,9-11H,8H2,1-4H3,(H,18,19,20,25). The van der Waals surface area contributed by atoms with Crippen molar-refractivity contribution < 1.29 is 4.79 Å². The molecule has 26 heavy (non-hydrogen) atoms. The van der Waals surface area contributed by atoms with Crippen molar-refractivity contribution in [1.82, 2.24) is 29.4 Å². The minimum atomic E-state index is -0.388. The predicted octanol–water partition coefficient (Wildman–Crippen LogP) is 1.57. The number of nitrogens with one attached hydrogen (secondary N) is 1. The smallest absolute Gasteiger partial charge is 0.293 e. The summed E-state index contributed by atoms with van der Waals surface area (Å²) in [4.78, 5) is 32.8. The fourth-order valence-electron chi connectivity index (χ4n) is 2.50. The van der Waals surface area contributed by atoms with E-state index in [1.165, 1.54) is 17.2 Å². The zero-order valence-corrected chi connectivity index (χ0v) is 15.2. The molecule has 0 bridgehead atoms. The fourth-order valence-corrected chi connectivity index (χ4v) is 2.50. The summed E-state index contributed by atoms with van der Waals surface area (Å²) in [5.74, 6) is 0.829. The Morgan fingerprint density at radius 2 is 1.96 bits per heavy atom. The summed E-state index contributed by atoms with van der Waals surface area (Å²) in [6, 6.07) is 3.34. The molecule has 9 nitrogen and oxygen atoms in total. The highest BCUT2D eigenvalue weighted by Gasteiger charge is 2.18. The minimum Gasteiger partial charge on any atom is -0.309 e. The first-order valence-corrected chi connectivity index (χ1v) is 8.43. The molecular weight excluding hydrogens is 334 g/mol. The summed E-state index contributed by atoms with van der Waals surface area (Å²) in [7, 11) is 0. The van der Waals surface area contributed by atoms with Crippen LogP contribution < -0.4 is 10.9 Å². The molecule has 1 amide bonds. The second kappa shape index (κ2) is 7.03. The zero-order valence-electron chi connectivity index (χ0n) is 15.2. The molecule has 0 aliphatic heterocycles. The van der Waals surface area contributed by atoms with Crippen LogP contribution in [0.25, 0.3) is 5.52 Å². The lowest BCUT2D eigenvalue weighted by Gasteiger charge is -2.11. The van der Waals surface area contributed by atoms with Gasteiger partial charge in [0.15, 0.2) is 5.82 Å². The van der Waals surface area contributed by atoms with E-state index >= 15 is 0 Å². The van der Waals surface area contributed by atoms with E-state index < -0.39 is 0 Å². The molecule has 0 aromatic carbocycles. The van der Waals surface area contributed by atoms with E-state index in [4.69, 9.17) is 0 Å². The van der Waals surface area contributed by atoms with E-state index in [1.54, 1.807) is 16.6 Å². The normalized spacial score (nSPS) is 11.5. The van der Waals surface area contributed by atoms with Crippen molar-refractivity contribution in [2.75, 3.05) is 5.32 Å². The van der Waals surface area contributed by atoms with Crippen LogP contribution in [0, 0.1) is 0 Å². The van der Waals surface area contributed by atoms with Gasteiger partial charge in [0.05, 0.1) is 5.69 Å². The molecule has 0 fully saturated rings. The quantitative estimate of drug-likeness (QED) is 0.744. The topological polar surface area (TPSA) is 107 Å². The number of rotatable bonds is 5. The molecule has 1 N–H and O–H groups in total. The third-order valence-electron chi connectivity index (χ3n) is 3.87. The number of hydrogen-bond acceptors (Lipinski definition) is 6. The molecule has 136 valence electrons. The number of carbonyl (C=O) groups is 1. The highest BCUT2D eigenvalue weighted by Crippen LogP contribution is 2.17. The lowest BCUT2D eigenvalue weighted by Crippen LogP contribution is -2.32. The van der Waals surface area contributed by atoms with Gasteiger partial charge in [-0.05, 0) is 18.1 Å². The lowest BCUT2D eigenvalue weighted by atomic mass is 10.1. The van der Waals surface area contributed by atoms with Crippen LogP contribution in [0.4, 0.5) is 5.82 Å². The first kappa shape index (κ1) is 17.7. The Kier molecular flexibility index (Phi) is 4.79. The number of nitrogens with zero attached hydrogens (tertiary/aromatic N) is 6. The molecule has 3 aromatic heterocycles. The van der Waals surface area contributed by atoms with Gasteiger partial charge in [-0.3, -0.25) is 9.59 Å². The van der Waals surface area contributed by atoms with Crippen molar-refractivity contribution in [3.63, 3.8) is 0 Å². The van der Waals surface area contributed by atoms with Gasteiger partial charge in [0.1, 0.15) is 24.2 Å². The van der Waals surface area contributed by atoms with E-state index in [0.29, 0.717) is 17.2 Å². The van der Waals surface area contributed by atoms with Crippen molar-refractivity contribution in [2.24, 2.45) is 0 Å². The Hall–Kier alpha value is -3.10. The fraction of sp³-hybridized carbons (Fsp3) is 0.412. The molecule has 0 atom stereocenters. The summed E-state index contributed by atoms with van der Waals surface area (Å²) in [5, 5.41) is 11.5. The predicted molar refractivity (Wildman–Crippen MR) is 96.1 cm³/mol. The van der Waals surface area contributed by atoms with Gasteiger partial charge in [-0.15, -0.1) is 0 Å². The van der Waals surface area contributed by atoms with Crippen molar-refractivity contribution in [3.05, 3.63) is 46.5 Å². The summed E-state index contributed by atoms with van der Waals surface area (Å²) in [5.41, 5.74) is 0.878. The second-order valence-electron chi connectivity index (χ2n) is 6.64. The third-order valence-corrected chi connectivity index (χ3v) is 3.87. The van der Waals surface area contributed by atoms with Crippen LogP contribution in [0.15, 0.2) is 29.5 Å². The largest absolute Gasteiger partial charge is 0.309 e. The monoisotopic (exact) mass is 355 g/mol. The Balaban J connectivity index is 1.99. The van der Waals surface area contributed by atoms with Crippen LogP contribution in [0.1, 0.15) is 51.0 Å².